The molecule has 20 heavy (non-hydrogen) atoms. The van der Waals surface area contributed by atoms with E-state index in [9.17, 15) is 8.42 Å². The lowest BCUT2D eigenvalue weighted by Crippen LogP contribution is -2.51. The fraction of sp³-hybridized carbons (Fsp3) is 0.500. The normalized spacial score (nSPS) is 19.4. The summed E-state index contributed by atoms with van der Waals surface area (Å²) in [6, 6.07) is 11.2. The second-order valence-corrected chi connectivity index (χ2v) is 6.95. The van der Waals surface area contributed by atoms with Gasteiger partial charge in [-0.15, -0.1) is 0 Å². The third-order valence-corrected chi connectivity index (χ3v) is 5.44. The van der Waals surface area contributed by atoms with Crippen molar-refractivity contribution in [2.24, 2.45) is 0 Å². The Morgan fingerprint density at radius 1 is 1.20 bits per heavy atom. The molecular formula is C14H19N3O2S. The Kier molecular flexibility index (Phi) is 4.76. The number of rotatable bonds is 4. The molecule has 1 aliphatic heterocycles. The number of hydrogen-bond acceptors (Lipinski definition) is 4. The smallest absolute Gasteiger partial charge is 0.218 e. The molecule has 0 aromatic heterocycles. The molecule has 0 bridgehead atoms. The zero-order chi connectivity index (χ0) is 14.6. The Balaban J connectivity index is 1.97. The summed E-state index contributed by atoms with van der Waals surface area (Å²) in [6.45, 7) is 3.99. The summed E-state index contributed by atoms with van der Waals surface area (Å²) in [4.78, 5) is 2.01. The van der Waals surface area contributed by atoms with Gasteiger partial charge in [-0.3, -0.25) is 4.90 Å². The minimum atomic E-state index is -3.27. The predicted molar refractivity (Wildman–Crippen MR) is 77.3 cm³/mol. The Hall–Kier alpha value is -1.42. The molecule has 0 aliphatic carbocycles. The number of nitrogens with zero attached hydrogens (tertiary/aromatic N) is 3. The molecule has 5 nitrogen and oxygen atoms in total. The summed E-state index contributed by atoms with van der Waals surface area (Å²) < 4.78 is 26.2. The molecule has 1 unspecified atom stereocenters. The van der Waals surface area contributed by atoms with Crippen LogP contribution in [0.2, 0.25) is 0 Å². The lowest BCUT2D eigenvalue weighted by molar-refractivity contribution is 0.169. The van der Waals surface area contributed by atoms with Gasteiger partial charge in [-0.25, -0.2) is 8.42 Å². The van der Waals surface area contributed by atoms with Gasteiger partial charge in [0.1, 0.15) is 0 Å². The first-order valence-corrected chi connectivity index (χ1v) is 8.29. The summed E-state index contributed by atoms with van der Waals surface area (Å²) in [7, 11) is -3.27. The van der Waals surface area contributed by atoms with Gasteiger partial charge in [0.05, 0.1) is 17.9 Å². The first-order valence-electron chi connectivity index (χ1n) is 6.68. The van der Waals surface area contributed by atoms with Crippen LogP contribution in [0.3, 0.4) is 0 Å². The van der Waals surface area contributed by atoms with E-state index in [1.807, 2.05) is 42.2 Å². The van der Waals surface area contributed by atoms with Gasteiger partial charge in [0.15, 0.2) is 0 Å². The highest BCUT2D eigenvalue weighted by atomic mass is 32.2. The van der Waals surface area contributed by atoms with E-state index < -0.39 is 10.0 Å². The van der Waals surface area contributed by atoms with Crippen molar-refractivity contribution in [2.75, 3.05) is 26.2 Å². The molecular weight excluding hydrogens is 274 g/mol. The molecule has 0 amide bonds. The number of sulfonamides is 1. The van der Waals surface area contributed by atoms with Crippen LogP contribution in [0, 0.1) is 11.3 Å². The highest BCUT2D eigenvalue weighted by Gasteiger charge is 2.28. The van der Waals surface area contributed by atoms with Gasteiger partial charge in [0.2, 0.25) is 10.0 Å². The van der Waals surface area contributed by atoms with Crippen LogP contribution >= 0.6 is 0 Å². The molecule has 1 fully saturated rings. The molecule has 1 aromatic carbocycles. The molecule has 1 aromatic rings. The van der Waals surface area contributed by atoms with Crippen molar-refractivity contribution < 1.29 is 8.42 Å². The quantitative estimate of drug-likeness (QED) is 0.832. The summed E-state index contributed by atoms with van der Waals surface area (Å²) in [6.07, 6.45) is 0. The number of benzene rings is 1. The van der Waals surface area contributed by atoms with Gasteiger partial charge in [0.25, 0.3) is 0 Å². The first kappa shape index (κ1) is 15.0. The molecule has 1 atom stereocenters. The average molecular weight is 293 g/mol. The van der Waals surface area contributed by atoms with Gasteiger partial charge in [-0.05, 0) is 12.5 Å². The van der Waals surface area contributed by atoms with Gasteiger partial charge in [-0.1, -0.05) is 30.3 Å². The maximum Gasteiger partial charge on any atom is 0.218 e. The highest BCUT2D eigenvalue weighted by molar-refractivity contribution is 7.88. The molecule has 0 radical (unpaired) electrons. The van der Waals surface area contributed by atoms with E-state index in [0.717, 1.165) is 5.56 Å². The van der Waals surface area contributed by atoms with Gasteiger partial charge < -0.3 is 0 Å². The van der Waals surface area contributed by atoms with Crippen molar-refractivity contribution in [3.63, 3.8) is 0 Å². The van der Waals surface area contributed by atoms with Gasteiger partial charge in [-0.2, -0.15) is 9.57 Å². The van der Waals surface area contributed by atoms with Crippen molar-refractivity contribution >= 4 is 10.0 Å². The lowest BCUT2D eigenvalue weighted by Gasteiger charge is -2.35. The van der Waals surface area contributed by atoms with E-state index >= 15 is 0 Å². The van der Waals surface area contributed by atoms with Crippen LogP contribution in [0.1, 0.15) is 12.5 Å². The zero-order valence-corrected chi connectivity index (χ0v) is 12.4. The Labute approximate surface area is 120 Å². The first-order chi connectivity index (χ1) is 9.53. The van der Waals surface area contributed by atoms with Crippen LogP contribution in [-0.2, 0) is 15.8 Å². The van der Waals surface area contributed by atoms with E-state index in [1.54, 1.807) is 0 Å². The Bertz CT molecular complexity index is 572. The topological polar surface area (TPSA) is 64.4 Å². The highest BCUT2D eigenvalue weighted by Crippen LogP contribution is 2.14. The number of nitriles is 1. The molecule has 6 heteroatoms. The van der Waals surface area contributed by atoms with E-state index in [0.29, 0.717) is 26.2 Å². The summed E-state index contributed by atoms with van der Waals surface area (Å²) in [5, 5.41) is 8.88. The molecule has 2 rings (SSSR count). The second kappa shape index (κ2) is 6.35. The molecule has 108 valence electrons. The number of piperazine rings is 1. The summed E-state index contributed by atoms with van der Waals surface area (Å²) in [5.74, 6) is 0.0433. The molecule has 0 N–H and O–H groups in total. The molecule has 0 spiro atoms. The van der Waals surface area contributed by atoms with Crippen LogP contribution in [-0.4, -0.2) is 49.8 Å². The third-order valence-electron chi connectivity index (χ3n) is 3.59. The van der Waals surface area contributed by atoms with Crippen LogP contribution in [0.5, 0.6) is 0 Å². The fourth-order valence-corrected chi connectivity index (χ4v) is 3.84. The van der Waals surface area contributed by atoms with Crippen molar-refractivity contribution in [1.29, 1.82) is 5.26 Å². The van der Waals surface area contributed by atoms with Crippen molar-refractivity contribution in [3.8, 4) is 6.07 Å². The summed E-state index contributed by atoms with van der Waals surface area (Å²) in [5.41, 5.74) is 0.806. The second-order valence-electron chi connectivity index (χ2n) is 4.98. The Morgan fingerprint density at radius 2 is 1.80 bits per heavy atom. The fourth-order valence-electron chi connectivity index (χ4n) is 2.33. The monoisotopic (exact) mass is 293 g/mol. The molecule has 1 heterocycles. The average Bonchev–Trinajstić information content (AvgIpc) is 2.47. The minimum absolute atomic E-state index is 0.0433. The maximum atomic E-state index is 12.3. The third kappa shape index (κ3) is 3.57. The SMILES string of the molecule is CC(C#N)N1CCN(S(=O)(=O)Cc2ccccc2)CC1. The minimum Gasteiger partial charge on any atom is -0.286 e. The van der Waals surface area contributed by atoms with Crippen molar-refractivity contribution in [2.45, 2.75) is 18.7 Å². The standard InChI is InChI=1S/C14H19N3O2S/c1-13(11-15)16-7-9-17(10-8-16)20(18,19)12-14-5-3-2-4-6-14/h2-6,13H,7-10,12H2,1H3. The lowest BCUT2D eigenvalue weighted by atomic mass is 10.2. The zero-order valence-electron chi connectivity index (χ0n) is 11.6. The van der Waals surface area contributed by atoms with E-state index in [4.69, 9.17) is 5.26 Å². The predicted octanol–water partition coefficient (Wildman–Crippen LogP) is 1.05. The number of hydrogen-bond donors (Lipinski definition) is 0. The van der Waals surface area contributed by atoms with E-state index in [-0.39, 0.29) is 11.8 Å². The van der Waals surface area contributed by atoms with Crippen LogP contribution in [0.4, 0.5) is 0 Å². The van der Waals surface area contributed by atoms with E-state index in [1.165, 1.54) is 4.31 Å². The van der Waals surface area contributed by atoms with Crippen molar-refractivity contribution in [3.05, 3.63) is 35.9 Å². The van der Waals surface area contributed by atoms with E-state index in [2.05, 4.69) is 6.07 Å². The Morgan fingerprint density at radius 3 is 2.35 bits per heavy atom. The van der Waals surface area contributed by atoms with Crippen molar-refractivity contribution in [1.82, 2.24) is 9.21 Å². The van der Waals surface area contributed by atoms with Crippen LogP contribution < -0.4 is 0 Å². The summed E-state index contributed by atoms with van der Waals surface area (Å²) >= 11 is 0. The van der Waals surface area contributed by atoms with Crippen LogP contribution in [0.25, 0.3) is 0 Å². The molecule has 1 aliphatic rings. The largest absolute Gasteiger partial charge is 0.286 e. The van der Waals surface area contributed by atoms with Gasteiger partial charge >= 0.3 is 0 Å². The van der Waals surface area contributed by atoms with Crippen LogP contribution in [0.15, 0.2) is 30.3 Å². The van der Waals surface area contributed by atoms with Gasteiger partial charge in [0, 0.05) is 26.2 Å². The molecule has 1 saturated heterocycles. The maximum absolute atomic E-state index is 12.3. The molecule has 0 saturated carbocycles.